The van der Waals surface area contributed by atoms with Crippen molar-refractivity contribution >= 4 is 11.8 Å². The summed E-state index contributed by atoms with van der Waals surface area (Å²) >= 11 is 1.95. The summed E-state index contributed by atoms with van der Waals surface area (Å²) in [7, 11) is 2.28. The summed E-state index contributed by atoms with van der Waals surface area (Å²) in [6.07, 6.45) is 3.44. The Morgan fingerprint density at radius 2 is 1.88 bits per heavy atom. The molecule has 0 bridgehead atoms. The second-order valence-corrected chi connectivity index (χ2v) is 5.62. The lowest BCUT2D eigenvalue weighted by Gasteiger charge is -2.35. The lowest BCUT2D eigenvalue weighted by molar-refractivity contribution is 0.149. The molecule has 16 heavy (non-hydrogen) atoms. The maximum absolute atomic E-state index is 3.44. The Hall–Kier alpha value is 0.270. The van der Waals surface area contributed by atoms with E-state index >= 15 is 0 Å². The van der Waals surface area contributed by atoms with E-state index in [-0.39, 0.29) is 0 Å². The molecule has 0 rings (SSSR count). The van der Waals surface area contributed by atoms with E-state index in [0.29, 0.717) is 18.0 Å². The fourth-order valence-electron chi connectivity index (χ4n) is 1.99. The van der Waals surface area contributed by atoms with E-state index in [9.17, 15) is 0 Å². The Bertz CT molecular complexity index is 164. The zero-order valence-corrected chi connectivity index (χ0v) is 12.7. The Morgan fingerprint density at radius 1 is 1.25 bits per heavy atom. The van der Waals surface area contributed by atoms with Crippen LogP contribution in [0.3, 0.4) is 0 Å². The first kappa shape index (κ1) is 16.3. The minimum atomic E-state index is 0.649. The van der Waals surface area contributed by atoms with Crippen molar-refractivity contribution in [3.05, 3.63) is 0 Å². The van der Waals surface area contributed by atoms with Crippen molar-refractivity contribution in [2.75, 3.05) is 32.1 Å². The second-order valence-electron chi connectivity index (χ2n) is 4.71. The molecule has 0 saturated heterocycles. The van der Waals surface area contributed by atoms with E-state index < -0.39 is 0 Å². The van der Waals surface area contributed by atoms with Crippen LogP contribution in [0.1, 0.15) is 34.1 Å². The molecule has 0 heterocycles. The molecule has 3 atom stereocenters. The smallest absolute Gasteiger partial charge is 0.0183 e. The standard InChI is InChI=1S/C13H30N2S/c1-7-13(10-16-6)15(5)12(4)11(3)9-14-8-2/h11-14H,7-10H2,1-6H3. The zero-order valence-electron chi connectivity index (χ0n) is 11.9. The highest BCUT2D eigenvalue weighted by Crippen LogP contribution is 2.16. The van der Waals surface area contributed by atoms with Gasteiger partial charge in [-0.2, -0.15) is 11.8 Å². The van der Waals surface area contributed by atoms with Gasteiger partial charge in [-0.1, -0.05) is 20.8 Å². The van der Waals surface area contributed by atoms with E-state index in [1.54, 1.807) is 0 Å². The first-order chi connectivity index (χ1) is 7.58. The Kier molecular flexibility index (Phi) is 9.47. The molecule has 0 spiro atoms. The van der Waals surface area contributed by atoms with Crippen LogP contribution in [0, 0.1) is 5.92 Å². The molecule has 3 unspecified atom stereocenters. The molecule has 0 fully saturated rings. The molecule has 0 aromatic carbocycles. The highest BCUT2D eigenvalue weighted by Gasteiger charge is 2.22. The SMILES string of the molecule is CCNCC(C)C(C)N(C)C(CC)CSC. The molecule has 0 aliphatic carbocycles. The fraction of sp³-hybridized carbons (Fsp3) is 1.00. The Labute approximate surface area is 107 Å². The van der Waals surface area contributed by atoms with E-state index in [0.717, 1.165) is 13.1 Å². The van der Waals surface area contributed by atoms with Crippen LogP contribution in [0.25, 0.3) is 0 Å². The van der Waals surface area contributed by atoms with Gasteiger partial charge in [-0.3, -0.25) is 4.90 Å². The summed E-state index contributed by atoms with van der Waals surface area (Å²) in [4.78, 5) is 2.55. The van der Waals surface area contributed by atoms with Gasteiger partial charge in [-0.05, 0) is 45.7 Å². The summed E-state index contributed by atoms with van der Waals surface area (Å²) in [6.45, 7) is 11.4. The molecule has 0 radical (unpaired) electrons. The van der Waals surface area contributed by atoms with Crippen molar-refractivity contribution in [2.45, 2.75) is 46.2 Å². The summed E-state index contributed by atoms with van der Waals surface area (Å²) in [5.74, 6) is 1.95. The molecule has 0 amide bonds. The van der Waals surface area contributed by atoms with Crippen molar-refractivity contribution in [2.24, 2.45) is 5.92 Å². The molecular formula is C13H30N2S. The van der Waals surface area contributed by atoms with Gasteiger partial charge < -0.3 is 5.32 Å². The van der Waals surface area contributed by atoms with Crippen LogP contribution in [0.2, 0.25) is 0 Å². The third-order valence-electron chi connectivity index (χ3n) is 3.59. The largest absolute Gasteiger partial charge is 0.317 e. The highest BCUT2D eigenvalue weighted by atomic mass is 32.2. The maximum Gasteiger partial charge on any atom is 0.0183 e. The molecular weight excluding hydrogens is 216 g/mol. The zero-order chi connectivity index (χ0) is 12.6. The lowest BCUT2D eigenvalue weighted by atomic mass is 10.0. The molecule has 0 aliphatic heterocycles. The van der Waals surface area contributed by atoms with E-state index in [1.807, 2.05) is 11.8 Å². The Morgan fingerprint density at radius 3 is 2.31 bits per heavy atom. The monoisotopic (exact) mass is 246 g/mol. The van der Waals surface area contributed by atoms with Gasteiger partial charge >= 0.3 is 0 Å². The first-order valence-corrected chi connectivity index (χ1v) is 7.89. The number of thioether (sulfide) groups is 1. The van der Waals surface area contributed by atoms with Crippen molar-refractivity contribution in [1.82, 2.24) is 10.2 Å². The molecule has 0 saturated carbocycles. The van der Waals surface area contributed by atoms with Crippen LogP contribution in [0.15, 0.2) is 0 Å². The van der Waals surface area contributed by atoms with Gasteiger partial charge in [0, 0.05) is 17.8 Å². The van der Waals surface area contributed by atoms with E-state index in [1.165, 1.54) is 12.2 Å². The van der Waals surface area contributed by atoms with Crippen molar-refractivity contribution in [1.29, 1.82) is 0 Å². The molecule has 0 aromatic rings. The normalized spacial score (nSPS) is 17.4. The van der Waals surface area contributed by atoms with Crippen molar-refractivity contribution in [3.8, 4) is 0 Å². The predicted octanol–water partition coefficient (Wildman–Crippen LogP) is 2.69. The maximum atomic E-state index is 3.44. The van der Waals surface area contributed by atoms with Crippen LogP contribution >= 0.6 is 11.8 Å². The van der Waals surface area contributed by atoms with Gasteiger partial charge in [0.05, 0.1) is 0 Å². The average molecular weight is 246 g/mol. The quantitative estimate of drug-likeness (QED) is 0.673. The molecule has 1 N–H and O–H groups in total. The number of nitrogens with zero attached hydrogens (tertiary/aromatic N) is 1. The number of nitrogens with one attached hydrogen (secondary N) is 1. The van der Waals surface area contributed by atoms with Crippen LogP contribution in [0.4, 0.5) is 0 Å². The average Bonchev–Trinajstić information content (AvgIpc) is 2.31. The van der Waals surface area contributed by atoms with E-state index in [4.69, 9.17) is 0 Å². The van der Waals surface area contributed by atoms with Gasteiger partial charge in [0.15, 0.2) is 0 Å². The summed E-state index contributed by atoms with van der Waals surface area (Å²) in [6, 6.07) is 1.37. The van der Waals surface area contributed by atoms with Gasteiger partial charge in [-0.15, -0.1) is 0 Å². The van der Waals surface area contributed by atoms with E-state index in [2.05, 4.69) is 51.2 Å². The third-order valence-corrected chi connectivity index (χ3v) is 4.31. The van der Waals surface area contributed by atoms with Crippen LogP contribution in [0.5, 0.6) is 0 Å². The van der Waals surface area contributed by atoms with Crippen LogP contribution < -0.4 is 5.32 Å². The molecule has 0 aromatic heterocycles. The van der Waals surface area contributed by atoms with Gasteiger partial charge in [0.2, 0.25) is 0 Å². The third kappa shape index (κ3) is 5.55. The molecule has 3 heteroatoms. The summed E-state index contributed by atoms with van der Waals surface area (Å²) in [5.41, 5.74) is 0. The molecule has 2 nitrogen and oxygen atoms in total. The minimum absolute atomic E-state index is 0.649. The van der Waals surface area contributed by atoms with Gasteiger partial charge in [0.25, 0.3) is 0 Å². The van der Waals surface area contributed by atoms with Crippen LogP contribution in [-0.4, -0.2) is 49.1 Å². The minimum Gasteiger partial charge on any atom is -0.317 e. The number of hydrogen-bond donors (Lipinski definition) is 1. The molecule has 0 aliphatic rings. The molecule has 98 valence electrons. The first-order valence-electron chi connectivity index (χ1n) is 6.49. The summed E-state index contributed by atoms with van der Waals surface area (Å²) < 4.78 is 0. The lowest BCUT2D eigenvalue weighted by Crippen LogP contribution is -2.45. The van der Waals surface area contributed by atoms with Gasteiger partial charge in [-0.25, -0.2) is 0 Å². The van der Waals surface area contributed by atoms with Crippen molar-refractivity contribution in [3.63, 3.8) is 0 Å². The topological polar surface area (TPSA) is 15.3 Å². The Balaban J connectivity index is 4.16. The van der Waals surface area contributed by atoms with Crippen molar-refractivity contribution < 1.29 is 0 Å². The second kappa shape index (κ2) is 9.32. The van der Waals surface area contributed by atoms with Gasteiger partial charge in [0.1, 0.15) is 0 Å². The highest BCUT2D eigenvalue weighted by molar-refractivity contribution is 7.98. The predicted molar refractivity (Wildman–Crippen MR) is 77.4 cm³/mol. The fourth-order valence-corrected chi connectivity index (χ4v) is 2.85. The number of rotatable bonds is 9. The number of hydrogen-bond acceptors (Lipinski definition) is 3. The summed E-state index contributed by atoms with van der Waals surface area (Å²) in [5, 5.41) is 3.44. The van der Waals surface area contributed by atoms with Crippen LogP contribution in [-0.2, 0) is 0 Å².